The lowest BCUT2D eigenvalue weighted by molar-refractivity contribution is -0.123. The molecule has 1 saturated heterocycles. The van der Waals surface area contributed by atoms with Crippen molar-refractivity contribution in [2.75, 3.05) is 13.1 Å². The quantitative estimate of drug-likeness (QED) is 0.867. The second-order valence-electron chi connectivity index (χ2n) is 7.50. The zero-order valence-electron chi connectivity index (χ0n) is 16.1. The molecule has 0 radical (unpaired) electrons. The lowest BCUT2D eigenvalue weighted by Crippen LogP contribution is -2.36. The number of likely N-dealkylation sites (tertiary alicyclic amines) is 1. The molecule has 5 nitrogen and oxygen atoms in total. The summed E-state index contributed by atoms with van der Waals surface area (Å²) in [5, 5.41) is 7.47. The Bertz CT molecular complexity index is 717. The van der Waals surface area contributed by atoms with Gasteiger partial charge in [-0.25, -0.2) is 0 Å². The fraction of sp³-hybridized carbons (Fsp3) is 0.524. The molecule has 140 valence electrons. The van der Waals surface area contributed by atoms with Crippen molar-refractivity contribution >= 4 is 5.91 Å². The van der Waals surface area contributed by atoms with Crippen LogP contribution in [-0.2, 0) is 18.4 Å². The Balaban J connectivity index is 1.42. The van der Waals surface area contributed by atoms with Gasteiger partial charge in [-0.1, -0.05) is 30.3 Å². The highest BCUT2D eigenvalue weighted by Crippen LogP contribution is 2.23. The molecule has 5 heteroatoms. The summed E-state index contributed by atoms with van der Waals surface area (Å²) in [6, 6.07) is 10.2. The molecule has 3 rings (SSSR count). The number of aryl methyl sites for hydroxylation is 1. The molecule has 1 aromatic heterocycles. The maximum Gasteiger partial charge on any atom is 0.220 e. The van der Waals surface area contributed by atoms with Crippen LogP contribution >= 0.6 is 0 Å². The fourth-order valence-electron chi connectivity index (χ4n) is 3.68. The minimum Gasteiger partial charge on any atom is -0.350 e. The van der Waals surface area contributed by atoms with Crippen molar-refractivity contribution < 1.29 is 4.79 Å². The maximum atomic E-state index is 12.4. The fourth-order valence-corrected chi connectivity index (χ4v) is 3.68. The van der Waals surface area contributed by atoms with Gasteiger partial charge in [-0.3, -0.25) is 14.4 Å². The number of carbonyl (C=O) groups excluding carboxylic acids is 1. The van der Waals surface area contributed by atoms with E-state index in [2.05, 4.69) is 34.4 Å². The monoisotopic (exact) mass is 354 g/mol. The van der Waals surface area contributed by atoms with Gasteiger partial charge in [0.2, 0.25) is 5.91 Å². The van der Waals surface area contributed by atoms with Gasteiger partial charge in [-0.2, -0.15) is 5.10 Å². The summed E-state index contributed by atoms with van der Waals surface area (Å²) in [4.78, 5) is 14.9. The van der Waals surface area contributed by atoms with Crippen LogP contribution in [0.15, 0.2) is 36.5 Å². The smallest absolute Gasteiger partial charge is 0.220 e. The molecule has 2 aromatic rings. The number of amides is 1. The number of rotatable bonds is 6. The Labute approximate surface area is 156 Å². The van der Waals surface area contributed by atoms with Crippen LogP contribution in [0.4, 0.5) is 0 Å². The van der Waals surface area contributed by atoms with Gasteiger partial charge in [-0.05, 0) is 51.3 Å². The third kappa shape index (κ3) is 4.73. The van der Waals surface area contributed by atoms with Gasteiger partial charge in [0.1, 0.15) is 0 Å². The summed E-state index contributed by atoms with van der Waals surface area (Å²) in [6.45, 7) is 7.24. The normalized spacial score (nSPS) is 17.2. The van der Waals surface area contributed by atoms with E-state index in [0.717, 1.165) is 38.0 Å². The zero-order valence-corrected chi connectivity index (χ0v) is 16.1. The third-order valence-electron chi connectivity index (χ3n) is 5.59. The number of aromatic nitrogens is 2. The summed E-state index contributed by atoms with van der Waals surface area (Å²) < 4.78 is 1.93. The largest absolute Gasteiger partial charge is 0.350 e. The van der Waals surface area contributed by atoms with Crippen molar-refractivity contribution in [3.05, 3.63) is 53.3 Å². The lowest BCUT2D eigenvalue weighted by Gasteiger charge is -2.31. The van der Waals surface area contributed by atoms with Crippen LogP contribution in [0.25, 0.3) is 0 Å². The van der Waals surface area contributed by atoms with Crippen molar-refractivity contribution in [2.45, 2.75) is 45.7 Å². The molecular formula is C21H30N4O. The van der Waals surface area contributed by atoms with Gasteiger partial charge in [0.05, 0.1) is 12.2 Å². The highest BCUT2D eigenvalue weighted by atomic mass is 16.1. The molecule has 1 aromatic carbocycles. The van der Waals surface area contributed by atoms with Crippen LogP contribution in [0.2, 0.25) is 0 Å². The van der Waals surface area contributed by atoms with E-state index in [1.165, 1.54) is 11.3 Å². The van der Waals surface area contributed by atoms with Crippen molar-refractivity contribution in [3.63, 3.8) is 0 Å². The number of benzene rings is 1. The molecule has 1 fully saturated rings. The molecule has 1 N–H and O–H groups in total. The van der Waals surface area contributed by atoms with Crippen molar-refractivity contribution in [2.24, 2.45) is 13.0 Å². The summed E-state index contributed by atoms with van der Waals surface area (Å²) in [6.07, 6.45) is 4.79. The van der Waals surface area contributed by atoms with Gasteiger partial charge in [0.15, 0.2) is 0 Å². The molecule has 26 heavy (non-hydrogen) atoms. The molecule has 1 aliphatic rings. The van der Waals surface area contributed by atoms with Gasteiger partial charge in [-0.15, -0.1) is 0 Å². The molecule has 1 amide bonds. The van der Waals surface area contributed by atoms with E-state index in [9.17, 15) is 4.79 Å². The Morgan fingerprint density at radius 2 is 1.96 bits per heavy atom. The van der Waals surface area contributed by atoms with E-state index >= 15 is 0 Å². The molecule has 1 aliphatic heterocycles. The molecule has 0 spiro atoms. The standard InChI is InChI=1S/C21H30N4O/c1-16(19-7-5-4-6-8-19)23-21(26)13-18-9-11-25(12-10-18)15-20-14-22-24(3)17(20)2/h4-8,14,16,18H,9-13,15H2,1-3H3,(H,23,26). The first-order valence-corrected chi connectivity index (χ1v) is 9.57. The summed E-state index contributed by atoms with van der Waals surface area (Å²) >= 11 is 0. The first kappa shape index (κ1) is 18.6. The molecule has 0 bridgehead atoms. The molecule has 0 saturated carbocycles. The van der Waals surface area contributed by atoms with Gasteiger partial charge in [0, 0.05) is 31.3 Å². The van der Waals surface area contributed by atoms with Crippen LogP contribution in [0.1, 0.15) is 49.0 Å². The van der Waals surface area contributed by atoms with Crippen LogP contribution < -0.4 is 5.32 Å². The predicted molar refractivity (Wildman–Crippen MR) is 104 cm³/mol. The first-order valence-electron chi connectivity index (χ1n) is 9.57. The predicted octanol–water partition coefficient (Wildman–Crippen LogP) is 3.21. The maximum absolute atomic E-state index is 12.4. The number of carbonyl (C=O) groups is 1. The van der Waals surface area contributed by atoms with Crippen LogP contribution in [0, 0.1) is 12.8 Å². The Morgan fingerprint density at radius 3 is 2.58 bits per heavy atom. The Morgan fingerprint density at radius 1 is 1.27 bits per heavy atom. The topological polar surface area (TPSA) is 50.2 Å². The molecule has 0 aliphatic carbocycles. The Kier molecular flexibility index (Phi) is 6.09. The van der Waals surface area contributed by atoms with Crippen molar-refractivity contribution in [1.82, 2.24) is 20.0 Å². The van der Waals surface area contributed by atoms with Gasteiger partial charge < -0.3 is 5.32 Å². The van der Waals surface area contributed by atoms with E-state index in [-0.39, 0.29) is 11.9 Å². The molecule has 2 heterocycles. The van der Waals surface area contributed by atoms with Gasteiger partial charge in [0.25, 0.3) is 0 Å². The van der Waals surface area contributed by atoms with E-state index < -0.39 is 0 Å². The number of nitrogens with one attached hydrogen (secondary N) is 1. The molecular weight excluding hydrogens is 324 g/mol. The molecule has 1 atom stereocenters. The van der Waals surface area contributed by atoms with E-state index in [4.69, 9.17) is 0 Å². The average Bonchev–Trinajstić information content (AvgIpc) is 2.96. The number of hydrogen-bond donors (Lipinski definition) is 1. The third-order valence-corrected chi connectivity index (χ3v) is 5.59. The second kappa shape index (κ2) is 8.49. The Hall–Kier alpha value is -2.14. The molecule has 1 unspecified atom stereocenters. The average molecular weight is 354 g/mol. The summed E-state index contributed by atoms with van der Waals surface area (Å²) in [5.74, 6) is 0.659. The highest BCUT2D eigenvalue weighted by Gasteiger charge is 2.23. The number of nitrogens with zero attached hydrogens (tertiary/aromatic N) is 3. The minimum absolute atomic E-state index is 0.0670. The van der Waals surface area contributed by atoms with E-state index in [1.807, 2.05) is 43.0 Å². The lowest BCUT2D eigenvalue weighted by atomic mass is 9.92. The highest BCUT2D eigenvalue weighted by molar-refractivity contribution is 5.76. The van der Waals surface area contributed by atoms with Crippen molar-refractivity contribution in [1.29, 1.82) is 0 Å². The summed E-state index contributed by atoms with van der Waals surface area (Å²) in [7, 11) is 1.99. The van der Waals surface area contributed by atoms with E-state index in [1.54, 1.807) is 0 Å². The van der Waals surface area contributed by atoms with Gasteiger partial charge >= 0.3 is 0 Å². The SMILES string of the molecule is Cc1c(CN2CCC(CC(=O)NC(C)c3ccccc3)CC2)cnn1C. The van der Waals surface area contributed by atoms with Crippen LogP contribution in [0.3, 0.4) is 0 Å². The number of hydrogen-bond acceptors (Lipinski definition) is 3. The first-order chi connectivity index (χ1) is 12.5. The van der Waals surface area contributed by atoms with E-state index in [0.29, 0.717) is 12.3 Å². The number of piperidine rings is 1. The summed E-state index contributed by atoms with van der Waals surface area (Å²) in [5.41, 5.74) is 3.70. The van der Waals surface area contributed by atoms with Crippen LogP contribution in [0.5, 0.6) is 0 Å². The van der Waals surface area contributed by atoms with Crippen molar-refractivity contribution in [3.8, 4) is 0 Å². The van der Waals surface area contributed by atoms with Crippen LogP contribution in [-0.4, -0.2) is 33.7 Å². The minimum atomic E-state index is 0.0670. The zero-order chi connectivity index (χ0) is 18.5. The second-order valence-corrected chi connectivity index (χ2v) is 7.50.